The van der Waals surface area contributed by atoms with Gasteiger partial charge in [-0.05, 0) is 76.5 Å². The number of fused-ring (bicyclic) bond motifs is 2. The number of pyridine rings is 1. The Morgan fingerprint density at radius 1 is 0.932 bits per heavy atom. The van der Waals surface area contributed by atoms with Crippen molar-refractivity contribution in [2.75, 3.05) is 36.5 Å². The molecule has 2 aliphatic heterocycles. The molecular formula is C47H51N9O3. The van der Waals surface area contributed by atoms with E-state index in [1.807, 2.05) is 92.1 Å². The van der Waals surface area contributed by atoms with Crippen molar-refractivity contribution >= 4 is 46.1 Å². The molecule has 6 aromatic rings. The topological polar surface area (TPSA) is 123 Å². The van der Waals surface area contributed by atoms with Gasteiger partial charge in [0.25, 0.3) is 0 Å². The molecule has 1 amide bonds. The lowest BCUT2D eigenvalue weighted by Gasteiger charge is -2.43. The largest absolute Gasteiger partial charge is 0.444 e. The van der Waals surface area contributed by atoms with E-state index >= 15 is 0 Å². The number of hydrogen-bond acceptors (Lipinski definition) is 10. The molecule has 3 aromatic carbocycles. The summed E-state index contributed by atoms with van der Waals surface area (Å²) < 4.78 is 14.0. The maximum Gasteiger partial charge on any atom is 0.408 e. The monoisotopic (exact) mass is 789 g/mol. The third-order valence-corrected chi connectivity index (χ3v) is 11.8. The minimum absolute atomic E-state index is 0.126. The first-order chi connectivity index (χ1) is 28.6. The number of carbonyl (C=O) groups excluding carboxylic acids is 1. The Balaban J connectivity index is 1.01. The summed E-state index contributed by atoms with van der Waals surface area (Å²) in [7, 11) is 1.99. The lowest BCUT2D eigenvalue weighted by molar-refractivity contribution is -0.0368. The van der Waals surface area contributed by atoms with Crippen molar-refractivity contribution in [3.8, 4) is 0 Å². The number of piperidine rings is 1. The van der Waals surface area contributed by atoms with Crippen LogP contribution in [0.3, 0.4) is 0 Å². The zero-order valence-corrected chi connectivity index (χ0v) is 34.2. The Labute approximate surface area is 345 Å². The smallest absolute Gasteiger partial charge is 0.408 e. The maximum absolute atomic E-state index is 13.1. The van der Waals surface area contributed by atoms with Crippen molar-refractivity contribution in [3.05, 3.63) is 132 Å². The number of hydrogen-bond donors (Lipinski definition) is 1. The van der Waals surface area contributed by atoms with E-state index in [0.29, 0.717) is 29.4 Å². The minimum Gasteiger partial charge on any atom is -0.444 e. The molecule has 2 fully saturated rings. The summed E-state index contributed by atoms with van der Waals surface area (Å²) in [5.41, 5.74) is 6.89. The quantitative estimate of drug-likeness (QED) is 0.150. The van der Waals surface area contributed by atoms with Crippen LogP contribution in [0.2, 0.25) is 0 Å². The highest BCUT2D eigenvalue weighted by atomic mass is 16.6. The first-order valence-electron chi connectivity index (χ1n) is 20.7. The van der Waals surface area contributed by atoms with Gasteiger partial charge < -0.3 is 24.6 Å². The van der Waals surface area contributed by atoms with Crippen molar-refractivity contribution in [1.82, 2.24) is 30.0 Å². The fourth-order valence-corrected chi connectivity index (χ4v) is 8.87. The van der Waals surface area contributed by atoms with E-state index in [1.165, 1.54) is 11.1 Å². The average Bonchev–Trinajstić information content (AvgIpc) is 3.78. The summed E-state index contributed by atoms with van der Waals surface area (Å²) in [6.07, 6.45) is 8.63. The first kappa shape index (κ1) is 38.4. The number of anilines is 3. The fraction of sp³-hybridized carbons (Fsp3) is 0.362. The van der Waals surface area contributed by atoms with Crippen LogP contribution in [0.4, 0.5) is 27.9 Å². The van der Waals surface area contributed by atoms with Crippen LogP contribution in [0, 0.1) is 5.41 Å². The molecule has 12 heteroatoms. The van der Waals surface area contributed by atoms with Gasteiger partial charge in [0.1, 0.15) is 11.4 Å². The molecule has 0 radical (unpaired) electrons. The van der Waals surface area contributed by atoms with E-state index < -0.39 is 5.60 Å². The first-order valence-corrected chi connectivity index (χ1v) is 20.7. The lowest BCUT2D eigenvalue weighted by atomic mass is 9.72. The lowest BCUT2D eigenvalue weighted by Crippen LogP contribution is -2.48. The second kappa shape index (κ2) is 15.9. The Hall–Kier alpha value is -6.14. The van der Waals surface area contributed by atoms with Crippen LogP contribution >= 0.6 is 0 Å². The molecule has 3 aliphatic rings. The molecule has 2 saturated heterocycles. The van der Waals surface area contributed by atoms with Gasteiger partial charge in [0.2, 0.25) is 0 Å². The summed E-state index contributed by atoms with van der Waals surface area (Å²) in [4.78, 5) is 37.6. The van der Waals surface area contributed by atoms with Crippen LogP contribution in [0.1, 0.15) is 87.4 Å². The summed E-state index contributed by atoms with van der Waals surface area (Å²) in [6.45, 7) is 7.92. The Kier molecular flexibility index (Phi) is 10.3. The van der Waals surface area contributed by atoms with Crippen LogP contribution in [0.25, 0.3) is 11.2 Å². The number of aromatic nitrogens is 5. The summed E-state index contributed by atoms with van der Waals surface area (Å²) >= 11 is 0. The number of ether oxygens (including phenoxy) is 2. The number of benzene rings is 3. The molecule has 12 nitrogen and oxygen atoms in total. The van der Waals surface area contributed by atoms with E-state index in [0.717, 1.165) is 80.0 Å². The molecule has 9 rings (SSSR count). The van der Waals surface area contributed by atoms with Crippen molar-refractivity contribution in [1.29, 1.82) is 0 Å². The molecule has 1 N–H and O–H groups in total. The molecule has 0 bridgehead atoms. The van der Waals surface area contributed by atoms with Crippen molar-refractivity contribution in [2.45, 2.75) is 77.2 Å². The predicted octanol–water partition coefficient (Wildman–Crippen LogP) is 9.27. The van der Waals surface area contributed by atoms with Gasteiger partial charge in [-0.25, -0.2) is 29.4 Å². The number of alkyl carbamates (subject to hydrolysis) is 1. The second-order valence-electron chi connectivity index (χ2n) is 16.9. The van der Waals surface area contributed by atoms with E-state index in [-0.39, 0.29) is 23.8 Å². The zero-order chi connectivity index (χ0) is 40.6. The molecule has 1 aliphatic carbocycles. The van der Waals surface area contributed by atoms with Gasteiger partial charge in [0.15, 0.2) is 29.0 Å². The van der Waals surface area contributed by atoms with Crippen LogP contribution in [0.15, 0.2) is 114 Å². The number of nitrogens with zero attached hydrogens (tertiary/aromatic N) is 8. The van der Waals surface area contributed by atoms with Gasteiger partial charge in [0, 0.05) is 61.2 Å². The zero-order valence-electron chi connectivity index (χ0n) is 34.2. The molecule has 302 valence electrons. The minimum atomic E-state index is -0.579. The Bertz CT molecular complexity index is 2420. The maximum atomic E-state index is 13.1. The van der Waals surface area contributed by atoms with E-state index in [2.05, 4.69) is 63.7 Å². The van der Waals surface area contributed by atoms with Gasteiger partial charge in [-0.2, -0.15) is 0 Å². The van der Waals surface area contributed by atoms with Crippen LogP contribution in [0.5, 0.6) is 0 Å². The normalized spacial score (nSPS) is 18.7. The third kappa shape index (κ3) is 7.89. The van der Waals surface area contributed by atoms with E-state index in [1.54, 1.807) is 6.20 Å². The van der Waals surface area contributed by atoms with Crippen LogP contribution in [-0.4, -0.2) is 68.9 Å². The highest BCUT2D eigenvalue weighted by Gasteiger charge is 2.49. The summed E-state index contributed by atoms with van der Waals surface area (Å²) in [6, 6.07) is 32.7. The Morgan fingerprint density at radius 2 is 1.64 bits per heavy atom. The number of carbonyl (C=O) groups is 1. The van der Waals surface area contributed by atoms with Crippen LogP contribution < -0.4 is 15.1 Å². The number of nitrogens with one attached hydrogen (secondary N) is 1. The van der Waals surface area contributed by atoms with Crippen molar-refractivity contribution in [2.24, 2.45) is 10.4 Å². The molecule has 59 heavy (non-hydrogen) atoms. The summed E-state index contributed by atoms with van der Waals surface area (Å²) in [5, 5.41) is 8.45. The molecule has 0 saturated carbocycles. The molecule has 2 atom stereocenters. The molecular weight excluding hydrogens is 739 g/mol. The number of aliphatic imine (C=N–C) groups is 1. The number of amides is 1. The highest BCUT2D eigenvalue weighted by Crippen LogP contribution is 2.52. The van der Waals surface area contributed by atoms with Crippen molar-refractivity contribution < 1.29 is 14.3 Å². The average molecular weight is 790 g/mol. The fourth-order valence-electron chi connectivity index (χ4n) is 8.87. The van der Waals surface area contributed by atoms with Gasteiger partial charge in [-0.3, -0.25) is 0 Å². The molecule has 2 unspecified atom stereocenters. The molecule has 3 aromatic heterocycles. The molecule has 5 heterocycles. The van der Waals surface area contributed by atoms with Gasteiger partial charge in [-0.1, -0.05) is 84.9 Å². The highest BCUT2D eigenvalue weighted by molar-refractivity contribution is 6.13. The van der Waals surface area contributed by atoms with Gasteiger partial charge in [0.05, 0.1) is 18.0 Å². The predicted molar refractivity (Wildman–Crippen MR) is 231 cm³/mol. The van der Waals surface area contributed by atoms with E-state index in [9.17, 15) is 4.79 Å². The van der Waals surface area contributed by atoms with Gasteiger partial charge >= 0.3 is 6.09 Å². The Morgan fingerprint density at radius 3 is 2.34 bits per heavy atom. The standard InChI is InChI=1S/C47H51N9O3/c1-46(2,3)59-45(57)52-42-36-20-12-11-19-34(36)30-47(42)23-26-55(27-24-47)38-31-49-41-43(51-38)56(39-21-13-14-28-58-39)53-44(41)54(4)35-22-25-48-37(29-35)50-40(32-15-7-5-8-16-32)33-17-9-6-10-18-33/h5-12,15-20,22,25,29,31,39,42H,13-14,21,23-24,26-28,30H2,1-4H3,(H,52,57). The third-order valence-electron chi connectivity index (χ3n) is 11.8. The van der Waals surface area contributed by atoms with Gasteiger partial charge in [-0.15, -0.1) is 5.10 Å². The number of rotatable bonds is 8. The summed E-state index contributed by atoms with van der Waals surface area (Å²) in [5.74, 6) is 2.07. The van der Waals surface area contributed by atoms with Crippen LogP contribution in [-0.2, 0) is 15.9 Å². The second-order valence-corrected chi connectivity index (χ2v) is 16.9. The van der Waals surface area contributed by atoms with E-state index in [4.69, 9.17) is 29.5 Å². The SMILES string of the molecule is CN(c1ccnc(N=C(c2ccccc2)c2ccccc2)c1)c1nn(C2CCCCO2)c2nc(N3CCC4(CC3)Cc3ccccc3C4NC(=O)OC(C)(C)C)cnc12. The molecule has 1 spiro atoms. The van der Waals surface area contributed by atoms with Crippen molar-refractivity contribution in [3.63, 3.8) is 0 Å².